The topological polar surface area (TPSA) is 63.7 Å². The molecule has 0 bridgehead atoms. The number of quaternary nitrogens is 1. The van der Waals surface area contributed by atoms with Crippen LogP contribution in [-0.2, 0) is 6.54 Å². The van der Waals surface area contributed by atoms with Crippen molar-refractivity contribution in [2.24, 2.45) is 0 Å². The smallest absolute Gasteiger partial charge is 0.294 e. The molecule has 134 valence electrons. The van der Waals surface area contributed by atoms with E-state index in [1.54, 1.807) is 23.5 Å². The van der Waals surface area contributed by atoms with Gasteiger partial charge in [0.2, 0.25) is 0 Å². The molecule has 0 saturated carbocycles. The Morgan fingerprint density at radius 1 is 1.23 bits per heavy atom. The molecule has 0 spiro atoms. The van der Waals surface area contributed by atoms with E-state index in [9.17, 15) is 10.1 Å². The molecule has 6 nitrogen and oxygen atoms in total. The number of hydrogen-bond acceptors (Lipinski definition) is 5. The van der Waals surface area contributed by atoms with Gasteiger partial charge in [-0.3, -0.25) is 10.1 Å². The number of nitrogens with one attached hydrogen (secondary N) is 1. The Labute approximate surface area is 159 Å². The Balaban J connectivity index is 1.43. The van der Waals surface area contributed by atoms with Gasteiger partial charge in [0.15, 0.2) is 0 Å². The number of piperazine rings is 1. The number of nitro groups is 1. The molecule has 0 unspecified atom stereocenters. The molecule has 3 aromatic rings. The first-order valence-electron chi connectivity index (χ1n) is 8.47. The molecule has 2 heterocycles. The maximum atomic E-state index is 11.3. The molecule has 0 aliphatic carbocycles. The van der Waals surface area contributed by atoms with Crippen LogP contribution in [0.25, 0.3) is 10.2 Å². The van der Waals surface area contributed by atoms with Crippen molar-refractivity contribution >= 4 is 44.5 Å². The summed E-state index contributed by atoms with van der Waals surface area (Å²) in [5, 5.41) is 12.9. The molecule has 1 N–H and O–H groups in total. The van der Waals surface area contributed by atoms with Crippen molar-refractivity contribution in [2.45, 2.75) is 6.54 Å². The lowest BCUT2D eigenvalue weighted by atomic mass is 10.2. The molecule has 4 rings (SSSR count). The summed E-state index contributed by atoms with van der Waals surface area (Å²) in [6.45, 7) is 4.31. The van der Waals surface area contributed by atoms with Crippen molar-refractivity contribution in [3.63, 3.8) is 0 Å². The SMILES string of the molecule is O=[N+]([O-])c1cc(Cl)ccc1N1CC[NH+](Cc2nc3ccccc3s2)CC1. The van der Waals surface area contributed by atoms with Crippen LogP contribution in [0.4, 0.5) is 11.4 Å². The summed E-state index contributed by atoms with van der Waals surface area (Å²) < 4.78 is 1.22. The minimum absolute atomic E-state index is 0.0760. The van der Waals surface area contributed by atoms with E-state index in [0.717, 1.165) is 43.2 Å². The number of hydrogen-bond donors (Lipinski definition) is 1. The van der Waals surface area contributed by atoms with Crippen molar-refractivity contribution in [1.29, 1.82) is 0 Å². The van der Waals surface area contributed by atoms with Gasteiger partial charge < -0.3 is 9.80 Å². The van der Waals surface area contributed by atoms with Gasteiger partial charge in [0.25, 0.3) is 5.69 Å². The maximum absolute atomic E-state index is 11.3. The van der Waals surface area contributed by atoms with Crippen LogP contribution < -0.4 is 9.80 Å². The van der Waals surface area contributed by atoms with Gasteiger partial charge in [-0.1, -0.05) is 23.7 Å². The molecule has 1 aliphatic heterocycles. The summed E-state index contributed by atoms with van der Waals surface area (Å²) >= 11 is 7.66. The summed E-state index contributed by atoms with van der Waals surface area (Å²) in [7, 11) is 0. The number of rotatable bonds is 4. The third-order valence-electron chi connectivity index (χ3n) is 4.68. The summed E-state index contributed by atoms with van der Waals surface area (Å²) in [5.41, 5.74) is 1.79. The zero-order valence-corrected chi connectivity index (χ0v) is 15.6. The highest BCUT2D eigenvalue weighted by Crippen LogP contribution is 2.31. The second kappa shape index (κ2) is 7.19. The van der Waals surface area contributed by atoms with Crippen LogP contribution in [0.3, 0.4) is 0 Å². The fraction of sp³-hybridized carbons (Fsp3) is 0.278. The minimum Gasteiger partial charge on any atom is -0.355 e. The summed E-state index contributed by atoms with van der Waals surface area (Å²) in [6.07, 6.45) is 0. The van der Waals surface area contributed by atoms with Crippen molar-refractivity contribution < 1.29 is 9.82 Å². The van der Waals surface area contributed by atoms with E-state index >= 15 is 0 Å². The molecule has 26 heavy (non-hydrogen) atoms. The number of halogens is 1. The number of para-hydroxylation sites is 1. The van der Waals surface area contributed by atoms with Gasteiger partial charge in [0.05, 0.1) is 41.3 Å². The Bertz CT molecular complexity index is 920. The van der Waals surface area contributed by atoms with Crippen LogP contribution in [0.15, 0.2) is 42.5 Å². The van der Waals surface area contributed by atoms with Crippen molar-refractivity contribution in [3.8, 4) is 0 Å². The molecule has 2 aromatic carbocycles. The van der Waals surface area contributed by atoms with Crippen molar-refractivity contribution in [1.82, 2.24) is 4.98 Å². The Hall–Kier alpha value is -2.22. The van der Waals surface area contributed by atoms with E-state index in [-0.39, 0.29) is 10.6 Å². The first-order chi connectivity index (χ1) is 12.6. The number of nitro benzene ring substituents is 1. The molecular formula is C18H18ClN4O2S+. The lowest BCUT2D eigenvalue weighted by Gasteiger charge is -2.33. The van der Waals surface area contributed by atoms with E-state index < -0.39 is 0 Å². The predicted molar refractivity (Wildman–Crippen MR) is 104 cm³/mol. The molecule has 1 fully saturated rings. The van der Waals surface area contributed by atoms with Gasteiger partial charge in [-0.05, 0) is 24.3 Å². The summed E-state index contributed by atoms with van der Waals surface area (Å²) in [5.74, 6) is 0. The fourth-order valence-corrected chi connectivity index (χ4v) is 4.57. The second-order valence-corrected chi connectivity index (χ2v) is 7.93. The van der Waals surface area contributed by atoms with Gasteiger partial charge in [-0.25, -0.2) is 4.98 Å². The number of fused-ring (bicyclic) bond motifs is 1. The van der Waals surface area contributed by atoms with Crippen LogP contribution in [0.2, 0.25) is 5.02 Å². The van der Waals surface area contributed by atoms with Gasteiger partial charge in [0, 0.05) is 11.1 Å². The van der Waals surface area contributed by atoms with Crippen LogP contribution in [0.5, 0.6) is 0 Å². The van der Waals surface area contributed by atoms with Crippen LogP contribution >= 0.6 is 22.9 Å². The lowest BCUT2D eigenvalue weighted by Crippen LogP contribution is -3.13. The van der Waals surface area contributed by atoms with Gasteiger partial charge in [0.1, 0.15) is 17.2 Å². The number of aromatic nitrogens is 1. The van der Waals surface area contributed by atoms with E-state index in [1.807, 2.05) is 18.2 Å². The number of anilines is 1. The monoisotopic (exact) mass is 389 g/mol. The second-order valence-electron chi connectivity index (χ2n) is 6.38. The maximum Gasteiger partial charge on any atom is 0.294 e. The molecule has 8 heteroatoms. The Morgan fingerprint density at radius 2 is 2.00 bits per heavy atom. The molecule has 1 saturated heterocycles. The van der Waals surface area contributed by atoms with E-state index in [1.165, 1.54) is 15.7 Å². The minimum atomic E-state index is -0.360. The Kier molecular flexibility index (Phi) is 4.76. The van der Waals surface area contributed by atoms with Crippen LogP contribution in [0.1, 0.15) is 5.01 Å². The standard InChI is InChI=1S/C18H17ClN4O2S/c19-13-5-6-15(16(11-13)23(24)25)22-9-7-21(8-10-22)12-18-20-14-3-1-2-4-17(14)26-18/h1-6,11H,7-10,12H2/p+1. The number of thiazole rings is 1. The highest BCUT2D eigenvalue weighted by Gasteiger charge is 2.26. The van der Waals surface area contributed by atoms with Crippen molar-refractivity contribution in [2.75, 3.05) is 31.1 Å². The van der Waals surface area contributed by atoms with Gasteiger partial charge in [-0.15, -0.1) is 11.3 Å². The molecule has 0 atom stereocenters. The fourth-order valence-electron chi connectivity index (χ4n) is 3.36. The zero-order valence-electron chi connectivity index (χ0n) is 14.0. The molecular weight excluding hydrogens is 372 g/mol. The normalized spacial score (nSPS) is 15.5. The van der Waals surface area contributed by atoms with Crippen molar-refractivity contribution in [3.05, 3.63) is 62.6 Å². The van der Waals surface area contributed by atoms with E-state index in [0.29, 0.717) is 10.7 Å². The average Bonchev–Trinajstić information content (AvgIpc) is 3.04. The third-order valence-corrected chi connectivity index (χ3v) is 5.96. The van der Waals surface area contributed by atoms with Crippen LogP contribution in [-0.4, -0.2) is 36.1 Å². The molecule has 0 radical (unpaired) electrons. The largest absolute Gasteiger partial charge is 0.355 e. The predicted octanol–water partition coefficient (Wildman–Crippen LogP) is 2.76. The molecule has 1 aromatic heterocycles. The van der Waals surface area contributed by atoms with Gasteiger partial charge >= 0.3 is 0 Å². The highest BCUT2D eigenvalue weighted by molar-refractivity contribution is 7.18. The zero-order chi connectivity index (χ0) is 18.1. The molecule has 1 aliphatic rings. The highest BCUT2D eigenvalue weighted by atomic mass is 35.5. The lowest BCUT2D eigenvalue weighted by molar-refractivity contribution is -0.914. The summed E-state index contributed by atoms with van der Waals surface area (Å²) in [6, 6.07) is 13.1. The first-order valence-corrected chi connectivity index (χ1v) is 9.66. The average molecular weight is 390 g/mol. The summed E-state index contributed by atoms with van der Waals surface area (Å²) in [4.78, 5) is 19.2. The Morgan fingerprint density at radius 3 is 2.73 bits per heavy atom. The van der Waals surface area contributed by atoms with E-state index in [2.05, 4.69) is 11.0 Å². The van der Waals surface area contributed by atoms with Crippen LogP contribution in [0, 0.1) is 10.1 Å². The number of benzene rings is 2. The van der Waals surface area contributed by atoms with Gasteiger partial charge in [-0.2, -0.15) is 0 Å². The third kappa shape index (κ3) is 3.51. The van der Waals surface area contributed by atoms with E-state index in [4.69, 9.17) is 16.6 Å². The molecule has 0 amide bonds. The first kappa shape index (κ1) is 17.2. The quantitative estimate of drug-likeness (QED) is 0.550. The number of nitrogens with zero attached hydrogens (tertiary/aromatic N) is 3.